The van der Waals surface area contributed by atoms with Gasteiger partial charge in [-0.25, -0.2) is 5.88 Å². The van der Waals surface area contributed by atoms with Crippen LogP contribution in [0.3, 0.4) is 0 Å². The van der Waals surface area contributed by atoms with Gasteiger partial charge in [-0.1, -0.05) is 0 Å². The van der Waals surface area contributed by atoms with Crippen molar-refractivity contribution in [2.75, 3.05) is 0 Å². The Hall–Kier alpha value is 1.35. The van der Waals surface area contributed by atoms with Crippen LogP contribution in [0.5, 0.6) is 0 Å². The van der Waals surface area contributed by atoms with E-state index in [0.717, 1.165) is 0 Å². The van der Waals surface area contributed by atoms with Crippen molar-refractivity contribution in [3.8, 4) is 0 Å². The monoisotopic (exact) mass is 122 g/mol. The maximum absolute atomic E-state index is 4.87. The van der Waals surface area contributed by atoms with Crippen molar-refractivity contribution < 1.29 is 12.4 Å². The van der Waals surface area contributed by atoms with Gasteiger partial charge < -0.3 is 24.0 Å². The van der Waals surface area contributed by atoms with E-state index in [1.807, 2.05) is 0 Å². The molecule has 0 fully saturated rings. The van der Waals surface area contributed by atoms with Gasteiger partial charge in [0.25, 0.3) is 0 Å². The predicted octanol–water partition coefficient (Wildman–Crippen LogP) is -1.97. The molecule has 0 aliphatic heterocycles. The second kappa shape index (κ2) is 18.3. The molecule has 0 saturated heterocycles. The van der Waals surface area contributed by atoms with Crippen LogP contribution in [0.4, 0.5) is 0 Å². The minimum absolute atomic E-state index is 0. The smallest absolute Gasteiger partial charge is 1.00 e. The van der Waals surface area contributed by atoms with Crippen molar-refractivity contribution in [2.24, 2.45) is 0 Å². The molecule has 0 nitrogen and oxygen atoms in total. The van der Waals surface area contributed by atoms with E-state index in [4.69, 9.17) is 11.6 Å². The Kier molecular flexibility index (Phi) is 59.4. The average Bonchev–Trinajstić information content (AvgIpc) is 0.918. The molecule has 0 N–H and O–H groups in total. The maximum Gasteiger partial charge on any atom is 2.00 e. The number of rotatable bonds is 0. The molecule has 0 bridgehead atoms. The van der Waals surface area contributed by atoms with Gasteiger partial charge in [0.05, 0.1) is 0 Å². The van der Waals surface area contributed by atoms with Crippen LogP contribution >= 0.6 is 11.6 Å². The molecule has 0 aliphatic carbocycles. The Morgan fingerprint density at radius 3 is 1.60 bits per heavy atom. The average molecular weight is 123 g/mol. The molecule has 0 spiro atoms. The SMILES string of the molecule is C[CH-]Cl.[Cl-].[Mg+2]. The molecule has 0 aromatic rings. The summed E-state index contributed by atoms with van der Waals surface area (Å²) in [6.45, 7) is 1.77. The Morgan fingerprint density at radius 1 is 1.60 bits per heavy atom. The molecule has 0 unspecified atom stereocenters. The molecule has 0 radical (unpaired) electrons. The van der Waals surface area contributed by atoms with Crippen LogP contribution < -0.4 is 12.4 Å². The van der Waals surface area contributed by atoms with Crippen molar-refractivity contribution in [3.63, 3.8) is 0 Å². The van der Waals surface area contributed by atoms with Crippen molar-refractivity contribution in [3.05, 3.63) is 5.88 Å². The number of halogens is 2. The normalized spacial score (nSPS) is 3.60. The zero-order valence-corrected chi connectivity index (χ0v) is 5.97. The van der Waals surface area contributed by atoms with Crippen LogP contribution in [0.15, 0.2) is 0 Å². The quantitative estimate of drug-likeness (QED) is 0.259. The van der Waals surface area contributed by atoms with E-state index >= 15 is 0 Å². The summed E-state index contributed by atoms with van der Waals surface area (Å²) < 4.78 is 0. The van der Waals surface area contributed by atoms with Crippen molar-refractivity contribution in [2.45, 2.75) is 6.92 Å². The van der Waals surface area contributed by atoms with Crippen LogP contribution in [0.1, 0.15) is 6.92 Å². The van der Waals surface area contributed by atoms with Gasteiger partial charge in [0.2, 0.25) is 0 Å². The third-order valence-electron chi connectivity index (χ3n) is 0. The third kappa shape index (κ3) is 33.0. The van der Waals surface area contributed by atoms with E-state index in [0.29, 0.717) is 0 Å². The Balaban J connectivity index is -0.0000000200. The van der Waals surface area contributed by atoms with Gasteiger partial charge in [0.1, 0.15) is 0 Å². The summed E-state index contributed by atoms with van der Waals surface area (Å²) in [5.74, 6) is 1.47. The summed E-state index contributed by atoms with van der Waals surface area (Å²) in [5.41, 5.74) is 0. The van der Waals surface area contributed by atoms with Gasteiger partial charge in [0, 0.05) is 0 Å². The minimum atomic E-state index is 0. The predicted molar refractivity (Wildman–Crippen MR) is 21.6 cm³/mol. The molecular weight excluding hydrogens is 119 g/mol. The molecule has 0 atom stereocenters. The molecule has 3 heteroatoms. The third-order valence-corrected chi connectivity index (χ3v) is 0. The molecule has 0 amide bonds. The zero-order valence-electron chi connectivity index (χ0n) is 3.04. The fraction of sp³-hybridized carbons (Fsp3) is 0.500. The molecule has 0 aromatic heterocycles. The first kappa shape index (κ1) is 16.2. The van der Waals surface area contributed by atoms with Crippen molar-refractivity contribution in [1.29, 1.82) is 0 Å². The topological polar surface area (TPSA) is 0 Å². The first-order valence-electron chi connectivity index (χ1n) is 0.796. The maximum atomic E-state index is 4.87. The summed E-state index contributed by atoms with van der Waals surface area (Å²) in [6.07, 6.45) is 0. The van der Waals surface area contributed by atoms with Crippen LogP contribution in [0, 0.1) is 5.88 Å². The first-order valence-corrected chi connectivity index (χ1v) is 1.23. The summed E-state index contributed by atoms with van der Waals surface area (Å²) >= 11 is 4.87. The minimum Gasteiger partial charge on any atom is -1.00 e. The molecule has 28 valence electrons. The molecule has 0 heterocycles. The van der Waals surface area contributed by atoms with E-state index in [-0.39, 0.29) is 35.5 Å². The zero-order chi connectivity index (χ0) is 2.71. The standard InChI is InChI=1S/C2H4Cl.ClH.Mg/c1-2-3;;/h2H,1H3;1H;/q-1;;+2/p-1. The molecule has 5 heavy (non-hydrogen) atoms. The van der Waals surface area contributed by atoms with Crippen LogP contribution in [-0.2, 0) is 0 Å². The van der Waals surface area contributed by atoms with Gasteiger partial charge in [-0.2, -0.15) is 6.92 Å². The van der Waals surface area contributed by atoms with Crippen molar-refractivity contribution in [1.82, 2.24) is 0 Å². The van der Waals surface area contributed by atoms with Crippen molar-refractivity contribution >= 4 is 34.7 Å². The van der Waals surface area contributed by atoms with E-state index < -0.39 is 0 Å². The second-order valence-corrected chi connectivity index (χ2v) is 0.655. The largest absolute Gasteiger partial charge is 2.00 e. The van der Waals surface area contributed by atoms with Gasteiger partial charge in [0.15, 0.2) is 0 Å². The van der Waals surface area contributed by atoms with E-state index in [9.17, 15) is 0 Å². The van der Waals surface area contributed by atoms with E-state index in [1.54, 1.807) is 6.92 Å². The van der Waals surface area contributed by atoms with E-state index in [2.05, 4.69) is 0 Å². The summed E-state index contributed by atoms with van der Waals surface area (Å²) in [7, 11) is 0. The molecule has 0 rings (SSSR count). The number of hydrogen-bond acceptors (Lipinski definition) is 0. The molecule has 0 aliphatic rings. The molecule has 0 saturated carbocycles. The molecule has 0 aromatic carbocycles. The van der Waals surface area contributed by atoms with Gasteiger partial charge >= 0.3 is 23.1 Å². The van der Waals surface area contributed by atoms with Gasteiger partial charge in [-0.15, -0.1) is 0 Å². The number of hydrogen-bond donors (Lipinski definition) is 0. The Morgan fingerprint density at radius 2 is 1.60 bits per heavy atom. The fourth-order valence-corrected chi connectivity index (χ4v) is 0. The van der Waals surface area contributed by atoms with Gasteiger partial charge in [-0.3, -0.25) is 0 Å². The second-order valence-electron chi connectivity index (χ2n) is 0.218. The van der Waals surface area contributed by atoms with Crippen LogP contribution in [0.25, 0.3) is 0 Å². The molecular formula is C2H4Cl2Mg. The summed E-state index contributed by atoms with van der Waals surface area (Å²) in [5, 5.41) is 0. The summed E-state index contributed by atoms with van der Waals surface area (Å²) in [6, 6.07) is 0. The first-order chi connectivity index (χ1) is 1.41. The van der Waals surface area contributed by atoms with E-state index in [1.165, 1.54) is 5.88 Å². The van der Waals surface area contributed by atoms with Gasteiger partial charge in [-0.05, 0) is 0 Å². The Bertz CT molecular complexity index is 7.61. The van der Waals surface area contributed by atoms with Crippen LogP contribution in [0.2, 0.25) is 0 Å². The Labute approximate surface area is 59.8 Å². The summed E-state index contributed by atoms with van der Waals surface area (Å²) in [4.78, 5) is 0. The fourth-order valence-electron chi connectivity index (χ4n) is 0. The van der Waals surface area contributed by atoms with Crippen LogP contribution in [-0.4, -0.2) is 23.1 Å².